The van der Waals surface area contributed by atoms with Crippen LogP contribution in [0, 0.1) is 0 Å². The first-order chi connectivity index (χ1) is 10.9. The van der Waals surface area contributed by atoms with Gasteiger partial charge in [-0.05, 0) is 18.2 Å². The molecule has 0 N–H and O–H groups in total. The second-order valence-electron chi connectivity index (χ2n) is 5.55. The largest absolute Gasteiger partial charge is 0.379 e. The van der Waals surface area contributed by atoms with E-state index in [2.05, 4.69) is 30.0 Å². The second-order valence-corrected chi connectivity index (χ2v) is 6.64. The molecular weight excluding hydrogens is 294 g/mol. The van der Waals surface area contributed by atoms with Crippen LogP contribution >= 0.6 is 11.8 Å². The minimum atomic E-state index is 0.811. The molecule has 0 saturated carbocycles. The van der Waals surface area contributed by atoms with Gasteiger partial charge in [-0.2, -0.15) is 0 Å². The number of nitrogens with zero attached hydrogens (tertiary/aromatic N) is 3. The maximum Gasteiger partial charge on any atom is 0.144 e. The number of rotatable bonds is 6. The smallest absolute Gasteiger partial charge is 0.144 e. The Kier molecular flexibility index (Phi) is 5.64. The van der Waals surface area contributed by atoms with Crippen molar-refractivity contribution < 1.29 is 4.74 Å². The molecule has 3 rings (SSSR count). The Morgan fingerprint density at radius 2 is 2.00 bits per heavy atom. The van der Waals surface area contributed by atoms with E-state index in [9.17, 15) is 0 Å². The van der Waals surface area contributed by atoms with E-state index in [1.54, 1.807) is 0 Å². The quantitative estimate of drug-likeness (QED) is 0.464. The fourth-order valence-electron chi connectivity index (χ4n) is 2.55. The van der Waals surface area contributed by atoms with Crippen molar-refractivity contribution in [2.24, 2.45) is 0 Å². The number of unbranched alkanes of at least 4 members (excludes halogenated alkanes) is 1. The van der Waals surface area contributed by atoms with Crippen LogP contribution in [0.15, 0.2) is 29.3 Å². The zero-order chi connectivity index (χ0) is 15.2. The summed E-state index contributed by atoms with van der Waals surface area (Å²) in [5.41, 5.74) is 1.06. The zero-order valence-electron chi connectivity index (χ0n) is 13.1. The molecule has 1 aromatic heterocycles. The number of ether oxygens (including phenoxy) is 1. The molecule has 118 valence electrons. The van der Waals surface area contributed by atoms with Gasteiger partial charge in [0.2, 0.25) is 0 Å². The molecule has 22 heavy (non-hydrogen) atoms. The van der Waals surface area contributed by atoms with Gasteiger partial charge >= 0.3 is 0 Å². The summed E-state index contributed by atoms with van der Waals surface area (Å²) in [6.07, 6.45) is 2.44. The van der Waals surface area contributed by atoms with E-state index in [-0.39, 0.29) is 0 Å². The van der Waals surface area contributed by atoms with E-state index in [0.717, 1.165) is 55.0 Å². The van der Waals surface area contributed by atoms with Crippen LogP contribution in [0.4, 0.5) is 0 Å². The van der Waals surface area contributed by atoms with Crippen LogP contribution in [0.2, 0.25) is 0 Å². The third-order valence-corrected chi connectivity index (χ3v) is 4.90. The number of benzene rings is 1. The molecule has 0 atom stereocenters. The number of hydrogen-bond donors (Lipinski definition) is 0. The van der Waals surface area contributed by atoms with Crippen molar-refractivity contribution >= 4 is 22.7 Å². The molecule has 0 bridgehead atoms. The Morgan fingerprint density at radius 1 is 1.18 bits per heavy atom. The average molecular weight is 317 g/mol. The van der Waals surface area contributed by atoms with Crippen molar-refractivity contribution in [3.8, 4) is 0 Å². The first-order valence-electron chi connectivity index (χ1n) is 8.05. The highest BCUT2D eigenvalue weighted by Gasteiger charge is 2.14. The molecular formula is C17H23N3OS. The first kappa shape index (κ1) is 15.7. The van der Waals surface area contributed by atoms with Crippen LogP contribution in [0.25, 0.3) is 10.9 Å². The SMILES string of the molecule is CCCCSc1nc(CN2CCOCC2)nc2ccccc12. The van der Waals surface area contributed by atoms with Gasteiger partial charge in [0.05, 0.1) is 25.3 Å². The summed E-state index contributed by atoms with van der Waals surface area (Å²) in [7, 11) is 0. The maximum absolute atomic E-state index is 5.41. The number of thioether (sulfide) groups is 1. The molecule has 0 amide bonds. The fourth-order valence-corrected chi connectivity index (χ4v) is 3.67. The maximum atomic E-state index is 5.41. The van der Waals surface area contributed by atoms with Gasteiger partial charge in [-0.15, -0.1) is 11.8 Å². The molecule has 0 radical (unpaired) electrons. The van der Waals surface area contributed by atoms with Crippen LogP contribution in [-0.4, -0.2) is 46.9 Å². The van der Waals surface area contributed by atoms with Crippen LogP contribution in [0.5, 0.6) is 0 Å². The monoisotopic (exact) mass is 317 g/mol. The van der Waals surface area contributed by atoms with Gasteiger partial charge in [-0.25, -0.2) is 9.97 Å². The fraction of sp³-hybridized carbons (Fsp3) is 0.529. The number of fused-ring (bicyclic) bond motifs is 1. The van der Waals surface area contributed by atoms with Gasteiger partial charge in [-0.1, -0.05) is 31.5 Å². The predicted molar refractivity (Wildman–Crippen MR) is 91.3 cm³/mol. The van der Waals surface area contributed by atoms with Crippen LogP contribution in [-0.2, 0) is 11.3 Å². The van der Waals surface area contributed by atoms with E-state index >= 15 is 0 Å². The van der Waals surface area contributed by atoms with E-state index in [1.807, 2.05) is 17.8 Å². The summed E-state index contributed by atoms with van der Waals surface area (Å²) in [5, 5.41) is 2.30. The van der Waals surface area contributed by atoms with Gasteiger partial charge in [0, 0.05) is 18.5 Å². The molecule has 2 aromatic rings. The number of para-hydroxylation sites is 1. The molecule has 0 aliphatic carbocycles. The highest BCUT2D eigenvalue weighted by atomic mass is 32.2. The molecule has 4 nitrogen and oxygen atoms in total. The number of hydrogen-bond acceptors (Lipinski definition) is 5. The Balaban J connectivity index is 1.83. The summed E-state index contributed by atoms with van der Waals surface area (Å²) >= 11 is 1.86. The third kappa shape index (κ3) is 3.97. The van der Waals surface area contributed by atoms with E-state index in [1.165, 1.54) is 18.2 Å². The van der Waals surface area contributed by atoms with Crippen LogP contribution < -0.4 is 0 Å². The molecule has 0 unspecified atom stereocenters. The predicted octanol–water partition coefficient (Wildman–Crippen LogP) is 3.35. The van der Waals surface area contributed by atoms with E-state index in [0.29, 0.717) is 0 Å². The first-order valence-corrected chi connectivity index (χ1v) is 9.04. The molecule has 1 aliphatic heterocycles. The molecule has 1 aliphatic rings. The van der Waals surface area contributed by atoms with Crippen molar-refractivity contribution in [3.63, 3.8) is 0 Å². The average Bonchev–Trinajstić information content (AvgIpc) is 2.56. The molecule has 2 heterocycles. The topological polar surface area (TPSA) is 38.2 Å². The highest BCUT2D eigenvalue weighted by Crippen LogP contribution is 2.26. The van der Waals surface area contributed by atoms with Crippen molar-refractivity contribution in [2.75, 3.05) is 32.1 Å². The number of aromatic nitrogens is 2. The Labute approximate surface area is 136 Å². The summed E-state index contributed by atoms with van der Waals surface area (Å²) < 4.78 is 5.41. The Morgan fingerprint density at radius 3 is 2.82 bits per heavy atom. The highest BCUT2D eigenvalue weighted by molar-refractivity contribution is 7.99. The van der Waals surface area contributed by atoms with Crippen LogP contribution in [0.3, 0.4) is 0 Å². The van der Waals surface area contributed by atoms with E-state index in [4.69, 9.17) is 14.7 Å². The van der Waals surface area contributed by atoms with Crippen molar-refractivity contribution in [1.82, 2.24) is 14.9 Å². The lowest BCUT2D eigenvalue weighted by Crippen LogP contribution is -2.36. The molecule has 5 heteroatoms. The summed E-state index contributed by atoms with van der Waals surface area (Å²) in [5.74, 6) is 2.05. The summed E-state index contributed by atoms with van der Waals surface area (Å²) in [6, 6.07) is 8.33. The minimum absolute atomic E-state index is 0.811. The van der Waals surface area contributed by atoms with Gasteiger partial charge in [0.1, 0.15) is 10.9 Å². The van der Waals surface area contributed by atoms with Gasteiger partial charge in [0.25, 0.3) is 0 Å². The van der Waals surface area contributed by atoms with Gasteiger partial charge < -0.3 is 4.74 Å². The lowest BCUT2D eigenvalue weighted by Gasteiger charge is -2.25. The van der Waals surface area contributed by atoms with E-state index < -0.39 is 0 Å². The minimum Gasteiger partial charge on any atom is -0.379 e. The molecule has 1 saturated heterocycles. The summed E-state index contributed by atoms with van der Waals surface area (Å²) in [6.45, 7) is 6.60. The van der Waals surface area contributed by atoms with Crippen molar-refractivity contribution in [2.45, 2.75) is 31.3 Å². The standard InChI is InChI=1S/C17H23N3OS/c1-2-3-12-22-17-14-6-4-5-7-15(14)18-16(19-17)13-20-8-10-21-11-9-20/h4-7H,2-3,8-13H2,1H3. The summed E-state index contributed by atoms with van der Waals surface area (Å²) in [4.78, 5) is 12.0. The molecule has 1 fully saturated rings. The second kappa shape index (κ2) is 7.90. The normalized spacial score (nSPS) is 16.2. The number of morpholine rings is 1. The lowest BCUT2D eigenvalue weighted by atomic mass is 10.2. The molecule has 1 aromatic carbocycles. The Hall–Kier alpha value is -1.17. The van der Waals surface area contributed by atoms with Crippen molar-refractivity contribution in [1.29, 1.82) is 0 Å². The lowest BCUT2D eigenvalue weighted by molar-refractivity contribution is 0.0330. The van der Waals surface area contributed by atoms with Crippen molar-refractivity contribution in [3.05, 3.63) is 30.1 Å². The van der Waals surface area contributed by atoms with Crippen LogP contribution in [0.1, 0.15) is 25.6 Å². The zero-order valence-corrected chi connectivity index (χ0v) is 13.9. The third-order valence-electron chi connectivity index (χ3n) is 3.82. The Bertz CT molecular complexity index is 614. The molecule has 0 spiro atoms. The van der Waals surface area contributed by atoms with Gasteiger partial charge in [0.15, 0.2) is 0 Å². The van der Waals surface area contributed by atoms with Gasteiger partial charge in [-0.3, -0.25) is 4.90 Å².